The molecule has 14 heavy (non-hydrogen) atoms. The summed E-state index contributed by atoms with van der Waals surface area (Å²) in [6, 6.07) is 1.60. The summed E-state index contributed by atoms with van der Waals surface area (Å²) in [7, 11) is -3.81. The first-order chi connectivity index (χ1) is 6.36. The van der Waals surface area contributed by atoms with E-state index >= 15 is 0 Å². The second-order valence-corrected chi connectivity index (χ2v) is 4.52. The third-order valence-corrected chi connectivity index (χ3v) is 2.92. The van der Waals surface area contributed by atoms with Gasteiger partial charge in [0.25, 0.3) is 0 Å². The van der Waals surface area contributed by atoms with Crippen LogP contribution in [0.3, 0.4) is 0 Å². The molecular weight excluding hydrogens is 282 g/mol. The summed E-state index contributed by atoms with van der Waals surface area (Å²) in [6.45, 7) is 0. The zero-order valence-electron chi connectivity index (χ0n) is 6.92. The largest absolute Gasteiger partial charge is 0.495 e. The van der Waals surface area contributed by atoms with E-state index in [4.69, 9.17) is 0 Å². The van der Waals surface area contributed by atoms with Crippen LogP contribution in [0.5, 0.6) is 5.75 Å². The van der Waals surface area contributed by atoms with Crippen molar-refractivity contribution in [2.24, 2.45) is 0 Å². The summed E-state index contributed by atoms with van der Waals surface area (Å²) in [6.07, 6.45) is 0. The van der Waals surface area contributed by atoms with Crippen LogP contribution in [-0.2, 0) is 10.2 Å². The Balaban J connectivity index is 3.51. The summed E-state index contributed by atoms with van der Waals surface area (Å²) in [5, 5.41) is 0. The van der Waals surface area contributed by atoms with Crippen LogP contribution in [-0.4, -0.2) is 15.5 Å². The van der Waals surface area contributed by atoms with Crippen LogP contribution in [0.2, 0.25) is 0 Å². The number of halogens is 3. The number of rotatable bonds is 2. The van der Waals surface area contributed by atoms with Crippen molar-refractivity contribution in [1.82, 2.24) is 0 Å². The smallest absolute Gasteiger partial charge is 0.335 e. The first-order valence-corrected chi connectivity index (χ1v) is 5.51. The van der Waals surface area contributed by atoms with Gasteiger partial charge in [0.15, 0.2) is 0 Å². The summed E-state index contributed by atoms with van der Waals surface area (Å²) in [4.78, 5) is -0.819. The van der Waals surface area contributed by atoms with Crippen molar-refractivity contribution in [2.75, 3.05) is 7.11 Å². The molecular formula is C7H5BrF2O3S. The van der Waals surface area contributed by atoms with Crippen LogP contribution in [0.1, 0.15) is 0 Å². The van der Waals surface area contributed by atoms with E-state index in [1.54, 1.807) is 0 Å². The van der Waals surface area contributed by atoms with Crippen LogP contribution in [0.25, 0.3) is 0 Å². The van der Waals surface area contributed by atoms with Gasteiger partial charge in [0.05, 0.1) is 11.6 Å². The van der Waals surface area contributed by atoms with Crippen molar-refractivity contribution < 1.29 is 21.4 Å². The molecule has 0 atom stereocenters. The van der Waals surface area contributed by atoms with E-state index < -0.39 is 20.9 Å². The quantitative estimate of drug-likeness (QED) is 0.784. The molecule has 0 unspecified atom stereocenters. The van der Waals surface area contributed by atoms with Crippen molar-refractivity contribution in [3.05, 3.63) is 22.4 Å². The zero-order chi connectivity index (χ0) is 10.9. The van der Waals surface area contributed by atoms with E-state index in [1.807, 2.05) is 0 Å². The van der Waals surface area contributed by atoms with Gasteiger partial charge in [-0.05, 0) is 22.0 Å². The Kier molecular flexibility index (Phi) is 3.10. The first-order valence-electron chi connectivity index (χ1n) is 3.34. The lowest BCUT2D eigenvalue weighted by Crippen LogP contribution is -1.98. The minimum atomic E-state index is -4.97. The Bertz CT molecular complexity index is 458. The topological polar surface area (TPSA) is 43.4 Å². The predicted octanol–water partition coefficient (Wildman–Crippen LogP) is 2.25. The molecule has 0 aliphatic carbocycles. The molecule has 0 saturated heterocycles. The second-order valence-electron chi connectivity index (χ2n) is 2.36. The van der Waals surface area contributed by atoms with Gasteiger partial charge < -0.3 is 4.74 Å². The fourth-order valence-corrected chi connectivity index (χ4v) is 1.81. The Hall–Kier alpha value is -0.690. The van der Waals surface area contributed by atoms with Crippen molar-refractivity contribution >= 4 is 26.2 Å². The highest BCUT2D eigenvalue weighted by molar-refractivity contribution is 9.10. The Morgan fingerprint density at radius 1 is 1.43 bits per heavy atom. The average Bonchev–Trinajstić information content (AvgIpc) is 2.07. The molecule has 1 aromatic rings. The highest BCUT2D eigenvalue weighted by Gasteiger charge is 2.20. The molecule has 0 spiro atoms. The Morgan fingerprint density at radius 2 is 2.00 bits per heavy atom. The SMILES string of the molecule is COc1cc(Br)c(F)cc1S(=O)(=O)F. The molecule has 0 amide bonds. The minimum absolute atomic E-state index is 0.00162. The van der Waals surface area contributed by atoms with E-state index in [0.29, 0.717) is 6.07 Å². The van der Waals surface area contributed by atoms with Gasteiger partial charge in [0, 0.05) is 6.07 Å². The maximum absolute atomic E-state index is 12.9. The number of benzene rings is 1. The standard InChI is InChI=1S/C7H5BrF2O3S/c1-13-6-2-4(8)5(9)3-7(6)14(10,11)12/h2-3H,1H3. The lowest BCUT2D eigenvalue weighted by molar-refractivity contribution is 0.398. The maximum Gasteiger partial charge on any atom is 0.335 e. The minimum Gasteiger partial charge on any atom is -0.495 e. The summed E-state index contributed by atoms with van der Waals surface area (Å²) in [5.41, 5.74) is 0. The van der Waals surface area contributed by atoms with Crippen LogP contribution in [0.15, 0.2) is 21.5 Å². The van der Waals surface area contributed by atoms with Crippen molar-refractivity contribution in [1.29, 1.82) is 0 Å². The Labute approximate surface area is 88.0 Å². The molecule has 7 heteroatoms. The molecule has 0 saturated carbocycles. The van der Waals surface area contributed by atoms with Gasteiger partial charge in [0.1, 0.15) is 16.5 Å². The number of ether oxygens (including phenoxy) is 1. The molecule has 0 heterocycles. The van der Waals surface area contributed by atoms with Gasteiger partial charge in [0.2, 0.25) is 0 Å². The van der Waals surface area contributed by atoms with E-state index in [2.05, 4.69) is 20.7 Å². The molecule has 1 rings (SSSR count). The van der Waals surface area contributed by atoms with Crippen molar-refractivity contribution in [2.45, 2.75) is 4.90 Å². The van der Waals surface area contributed by atoms with Gasteiger partial charge in [-0.3, -0.25) is 0 Å². The third kappa shape index (κ3) is 2.21. The van der Waals surface area contributed by atoms with Crippen LogP contribution >= 0.6 is 15.9 Å². The van der Waals surface area contributed by atoms with E-state index in [9.17, 15) is 16.7 Å². The zero-order valence-corrected chi connectivity index (χ0v) is 9.32. The van der Waals surface area contributed by atoms with Crippen molar-refractivity contribution in [3.63, 3.8) is 0 Å². The van der Waals surface area contributed by atoms with Gasteiger partial charge in [-0.2, -0.15) is 8.42 Å². The van der Waals surface area contributed by atoms with E-state index in [-0.39, 0.29) is 10.2 Å². The monoisotopic (exact) mass is 286 g/mol. The molecule has 0 aromatic heterocycles. The third-order valence-electron chi connectivity index (χ3n) is 1.47. The molecule has 3 nitrogen and oxygen atoms in total. The summed E-state index contributed by atoms with van der Waals surface area (Å²) >= 11 is 2.82. The molecule has 0 radical (unpaired) electrons. The van der Waals surface area contributed by atoms with Crippen LogP contribution < -0.4 is 4.74 Å². The average molecular weight is 287 g/mol. The molecule has 0 bridgehead atoms. The fourth-order valence-electron chi connectivity index (χ4n) is 0.860. The first kappa shape index (κ1) is 11.4. The molecule has 0 aliphatic rings. The predicted molar refractivity (Wildman–Crippen MR) is 48.9 cm³/mol. The Morgan fingerprint density at radius 3 is 2.43 bits per heavy atom. The molecule has 0 fully saturated rings. The van der Waals surface area contributed by atoms with Gasteiger partial charge in [-0.15, -0.1) is 3.89 Å². The number of hydrogen-bond donors (Lipinski definition) is 0. The molecule has 78 valence electrons. The maximum atomic E-state index is 12.9. The normalized spacial score (nSPS) is 11.4. The van der Waals surface area contributed by atoms with E-state index in [0.717, 1.165) is 13.2 Å². The van der Waals surface area contributed by atoms with Crippen LogP contribution in [0, 0.1) is 5.82 Å². The molecule has 0 N–H and O–H groups in total. The summed E-state index contributed by atoms with van der Waals surface area (Å²) < 4.78 is 51.2. The lowest BCUT2D eigenvalue weighted by atomic mass is 10.3. The van der Waals surface area contributed by atoms with Gasteiger partial charge >= 0.3 is 10.2 Å². The van der Waals surface area contributed by atoms with Gasteiger partial charge in [-0.1, -0.05) is 0 Å². The number of hydrogen-bond acceptors (Lipinski definition) is 3. The molecule has 1 aromatic carbocycles. The second kappa shape index (κ2) is 3.82. The van der Waals surface area contributed by atoms with Crippen LogP contribution in [0.4, 0.5) is 8.28 Å². The van der Waals surface area contributed by atoms with Crippen molar-refractivity contribution in [3.8, 4) is 5.75 Å². The highest BCUT2D eigenvalue weighted by atomic mass is 79.9. The van der Waals surface area contributed by atoms with E-state index in [1.165, 1.54) is 0 Å². The molecule has 0 aliphatic heterocycles. The fraction of sp³-hybridized carbons (Fsp3) is 0.143. The highest BCUT2D eigenvalue weighted by Crippen LogP contribution is 2.30. The van der Waals surface area contributed by atoms with Gasteiger partial charge in [-0.25, -0.2) is 4.39 Å². The lowest BCUT2D eigenvalue weighted by Gasteiger charge is -2.05. The number of methoxy groups -OCH3 is 1. The summed E-state index contributed by atoms with van der Waals surface area (Å²) in [5.74, 6) is -1.12.